The first-order chi connectivity index (χ1) is 12.2. The summed E-state index contributed by atoms with van der Waals surface area (Å²) >= 11 is 0. The molecule has 0 fully saturated rings. The Kier molecular flexibility index (Phi) is 6.58. The molecule has 6 heteroatoms. The maximum absolute atomic E-state index is 12.6. The average molecular weight is 357 g/mol. The van der Waals surface area contributed by atoms with E-state index in [4.69, 9.17) is 10.5 Å². The highest BCUT2D eigenvalue weighted by atomic mass is 16.6. The van der Waals surface area contributed by atoms with Crippen molar-refractivity contribution < 1.29 is 14.6 Å². The van der Waals surface area contributed by atoms with Crippen molar-refractivity contribution in [3.63, 3.8) is 0 Å². The molecule has 1 aromatic heterocycles. The summed E-state index contributed by atoms with van der Waals surface area (Å²) in [7, 11) is 0. The molecule has 2 aromatic rings. The number of nitrogens with zero attached hydrogens (tertiary/aromatic N) is 2. The van der Waals surface area contributed by atoms with Crippen LogP contribution in [0.15, 0.2) is 48.8 Å². The first kappa shape index (κ1) is 19.7. The third-order valence-corrected chi connectivity index (χ3v) is 3.76. The fourth-order valence-electron chi connectivity index (χ4n) is 2.42. The van der Waals surface area contributed by atoms with Crippen LogP contribution in [0.25, 0.3) is 0 Å². The van der Waals surface area contributed by atoms with E-state index >= 15 is 0 Å². The van der Waals surface area contributed by atoms with Gasteiger partial charge in [-0.1, -0.05) is 18.2 Å². The third-order valence-electron chi connectivity index (χ3n) is 3.76. The van der Waals surface area contributed by atoms with E-state index in [0.717, 1.165) is 5.56 Å². The van der Waals surface area contributed by atoms with Gasteiger partial charge in [0.2, 0.25) is 0 Å². The molecule has 0 saturated carbocycles. The third kappa shape index (κ3) is 6.37. The number of anilines is 1. The summed E-state index contributed by atoms with van der Waals surface area (Å²) in [5.41, 5.74) is 7.52. The molecule has 0 radical (unpaired) electrons. The van der Waals surface area contributed by atoms with Crippen molar-refractivity contribution in [2.75, 3.05) is 18.8 Å². The fraction of sp³-hybridized carbons (Fsp3) is 0.400. The second-order valence-corrected chi connectivity index (χ2v) is 7.22. The van der Waals surface area contributed by atoms with E-state index < -0.39 is 17.8 Å². The summed E-state index contributed by atoms with van der Waals surface area (Å²) in [6.07, 6.45) is 2.60. The smallest absolute Gasteiger partial charge is 0.410 e. The molecule has 0 aliphatic rings. The number of aromatic nitrogens is 1. The fourth-order valence-corrected chi connectivity index (χ4v) is 2.42. The normalized spacial score (nSPS) is 12.5. The predicted octanol–water partition coefficient (Wildman–Crippen LogP) is 3.18. The highest BCUT2D eigenvalue weighted by Crippen LogP contribution is 2.17. The first-order valence-electron chi connectivity index (χ1n) is 8.65. The lowest BCUT2D eigenvalue weighted by Gasteiger charge is -2.29. The Labute approximate surface area is 154 Å². The number of aliphatic hydroxyl groups excluding tert-OH is 1. The zero-order chi connectivity index (χ0) is 19.2. The van der Waals surface area contributed by atoms with Crippen molar-refractivity contribution in [3.8, 4) is 0 Å². The summed E-state index contributed by atoms with van der Waals surface area (Å²) in [6, 6.07) is 11.1. The zero-order valence-corrected chi connectivity index (χ0v) is 15.6. The monoisotopic (exact) mass is 357 g/mol. The van der Waals surface area contributed by atoms with Gasteiger partial charge in [0, 0.05) is 30.2 Å². The van der Waals surface area contributed by atoms with Crippen molar-refractivity contribution in [2.24, 2.45) is 0 Å². The van der Waals surface area contributed by atoms with Gasteiger partial charge in [0.15, 0.2) is 0 Å². The largest absolute Gasteiger partial charge is 0.444 e. The van der Waals surface area contributed by atoms with Gasteiger partial charge in [-0.05, 0) is 51.0 Å². The Balaban J connectivity index is 2.07. The molecule has 1 amide bonds. The topological polar surface area (TPSA) is 88.7 Å². The van der Waals surface area contributed by atoms with Gasteiger partial charge in [-0.2, -0.15) is 0 Å². The lowest BCUT2D eigenvalue weighted by atomic mass is 10.1. The Hall–Kier alpha value is -2.60. The Morgan fingerprint density at radius 2 is 1.96 bits per heavy atom. The molecule has 26 heavy (non-hydrogen) atoms. The highest BCUT2D eigenvalue weighted by Gasteiger charge is 2.24. The summed E-state index contributed by atoms with van der Waals surface area (Å²) in [5.74, 6) is 0. The van der Waals surface area contributed by atoms with E-state index in [1.54, 1.807) is 24.5 Å². The van der Waals surface area contributed by atoms with Crippen LogP contribution in [0.4, 0.5) is 10.5 Å². The number of nitrogen functional groups attached to an aromatic ring is 1. The number of amides is 1. The molecule has 140 valence electrons. The molecule has 0 aliphatic heterocycles. The van der Waals surface area contributed by atoms with Crippen LogP contribution in [0, 0.1) is 0 Å². The number of aliphatic hydroxyl groups is 1. The molecule has 1 aromatic carbocycles. The number of hydrogen-bond acceptors (Lipinski definition) is 5. The molecule has 1 heterocycles. The van der Waals surface area contributed by atoms with Crippen molar-refractivity contribution in [1.82, 2.24) is 9.88 Å². The van der Waals surface area contributed by atoms with Gasteiger partial charge in [0.1, 0.15) is 5.60 Å². The maximum Gasteiger partial charge on any atom is 0.410 e. The SMILES string of the molecule is CC(C)(C)OC(=O)N(CCc1ccc(N)cc1)C[C@H](O)c1cccnc1. The number of nitrogens with two attached hydrogens (primary N) is 1. The van der Waals surface area contributed by atoms with E-state index in [0.29, 0.717) is 24.2 Å². The Morgan fingerprint density at radius 3 is 2.54 bits per heavy atom. The molecule has 6 nitrogen and oxygen atoms in total. The minimum Gasteiger partial charge on any atom is -0.444 e. The zero-order valence-electron chi connectivity index (χ0n) is 15.6. The van der Waals surface area contributed by atoms with Gasteiger partial charge in [-0.25, -0.2) is 4.79 Å². The minimum atomic E-state index is -0.831. The van der Waals surface area contributed by atoms with Crippen LogP contribution >= 0.6 is 0 Å². The molecular weight excluding hydrogens is 330 g/mol. The first-order valence-corrected chi connectivity index (χ1v) is 8.65. The van der Waals surface area contributed by atoms with Crippen molar-refractivity contribution in [1.29, 1.82) is 0 Å². The Bertz CT molecular complexity index is 696. The van der Waals surface area contributed by atoms with E-state index in [-0.39, 0.29) is 6.54 Å². The summed E-state index contributed by atoms with van der Waals surface area (Å²) < 4.78 is 5.48. The number of benzene rings is 1. The van der Waals surface area contributed by atoms with Gasteiger partial charge in [-0.3, -0.25) is 4.98 Å². The molecule has 0 saturated heterocycles. The molecule has 0 unspecified atom stereocenters. The van der Waals surface area contributed by atoms with E-state index in [2.05, 4.69) is 4.98 Å². The molecule has 0 aliphatic carbocycles. The minimum absolute atomic E-state index is 0.135. The van der Waals surface area contributed by atoms with E-state index in [1.807, 2.05) is 45.0 Å². The number of rotatable bonds is 6. The number of ether oxygens (including phenoxy) is 1. The molecule has 2 rings (SSSR count). The lowest BCUT2D eigenvalue weighted by molar-refractivity contribution is 0.0146. The quantitative estimate of drug-likeness (QED) is 0.775. The Morgan fingerprint density at radius 1 is 1.27 bits per heavy atom. The number of hydrogen-bond donors (Lipinski definition) is 2. The van der Waals surface area contributed by atoms with Gasteiger partial charge in [0.25, 0.3) is 0 Å². The molecule has 0 spiro atoms. The van der Waals surface area contributed by atoms with Crippen molar-refractivity contribution >= 4 is 11.8 Å². The van der Waals surface area contributed by atoms with Crippen LogP contribution < -0.4 is 5.73 Å². The van der Waals surface area contributed by atoms with Gasteiger partial charge >= 0.3 is 6.09 Å². The van der Waals surface area contributed by atoms with Crippen LogP contribution in [-0.2, 0) is 11.2 Å². The van der Waals surface area contributed by atoms with Crippen LogP contribution in [0.2, 0.25) is 0 Å². The second kappa shape index (κ2) is 8.67. The molecule has 1 atom stereocenters. The molecular formula is C20H27N3O3. The van der Waals surface area contributed by atoms with Crippen LogP contribution in [0.3, 0.4) is 0 Å². The van der Waals surface area contributed by atoms with Crippen LogP contribution in [-0.4, -0.2) is 39.8 Å². The van der Waals surface area contributed by atoms with Gasteiger partial charge < -0.3 is 20.5 Å². The van der Waals surface area contributed by atoms with Crippen LogP contribution in [0.5, 0.6) is 0 Å². The lowest BCUT2D eigenvalue weighted by Crippen LogP contribution is -2.40. The maximum atomic E-state index is 12.6. The van der Waals surface area contributed by atoms with Gasteiger partial charge in [-0.15, -0.1) is 0 Å². The standard InChI is InChI=1S/C20H27N3O3/c1-20(2,3)26-19(25)23(12-10-15-6-8-17(21)9-7-15)14-18(24)16-5-4-11-22-13-16/h4-9,11,13,18,24H,10,12,14,21H2,1-3H3/t18-/m0/s1. The molecule has 3 N–H and O–H groups in total. The van der Waals surface area contributed by atoms with Crippen LogP contribution in [0.1, 0.15) is 38.0 Å². The summed E-state index contributed by atoms with van der Waals surface area (Å²) in [6.45, 7) is 6.02. The second-order valence-electron chi connectivity index (χ2n) is 7.22. The van der Waals surface area contributed by atoms with Crippen molar-refractivity contribution in [3.05, 3.63) is 59.9 Å². The number of carbonyl (C=O) groups is 1. The number of pyridine rings is 1. The molecule has 0 bridgehead atoms. The van der Waals surface area contributed by atoms with Gasteiger partial charge in [0.05, 0.1) is 12.6 Å². The predicted molar refractivity (Wildman–Crippen MR) is 102 cm³/mol. The highest BCUT2D eigenvalue weighted by molar-refractivity contribution is 5.68. The van der Waals surface area contributed by atoms with E-state index in [1.165, 1.54) is 4.90 Å². The summed E-state index contributed by atoms with van der Waals surface area (Å²) in [5, 5.41) is 10.5. The number of carbonyl (C=O) groups excluding carboxylic acids is 1. The van der Waals surface area contributed by atoms with E-state index in [9.17, 15) is 9.90 Å². The average Bonchev–Trinajstić information content (AvgIpc) is 2.59. The van der Waals surface area contributed by atoms with Crippen molar-refractivity contribution in [2.45, 2.75) is 38.9 Å². The summed E-state index contributed by atoms with van der Waals surface area (Å²) in [4.78, 5) is 18.1.